The second kappa shape index (κ2) is 8.77. The van der Waals surface area contributed by atoms with Crippen LogP contribution in [0.15, 0.2) is 57.5 Å². The smallest absolute Gasteiger partial charge is 0.338 e. The maximum Gasteiger partial charge on any atom is 0.338 e. The van der Waals surface area contributed by atoms with Gasteiger partial charge < -0.3 is 14.2 Å². The topological polar surface area (TPSA) is 79.1 Å². The maximum atomic E-state index is 13.7. The Morgan fingerprint density at radius 1 is 1.24 bits per heavy atom. The molecule has 34 heavy (non-hydrogen) atoms. The molecule has 2 aliphatic rings. The standard InChI is InChI=1S/C25H21ClN2O5S/c1-4-31-24(30)21-14(3)27-25-28(22(21)15-5-7-17(26)8-6-15)23(29)20(34-25)11-16-10-19-18(9-13(16)2)32-12-33-19/h5-11,22H,4,12H2,1-3H3/t22-/m0/s1. The molecule has 3 heterocycles. The molecule has 0 saturated carbocycles. The summed E-state index contributed by atoms with van der Waals surface area (Å²) in [5, 5.41) is 0.563. The molecular formula is C25H21ClN2O5S. The number of benzene rings is 2. The van der Waals surface area contributed by atoms with Crippen molar-refractivity contribution in [3.05, 3.63) is 89.1 Å². The van der Waals surface area contributed by atoms with Gasteiger partial charge in [0.2, 0.25) is 6.79 Å². The molecule has 0 bridgehead atoms. The first-order chi connectivity index (χ1) is 16.4. The van der Waals surface area contributed by atoms with Crippen LogP contribution >= 0.6 is 22.9 Å². The Labute approximate surface area is 204 Å². The summed E-state index contributed by atoms with van der Waals surface area (Å²) in [7, 11) is 0. The van der Waals surface area contributed by atoms with Gasteiger partial charge in [0.25, 0.3) is 5.56 Å². The Bertz CT molecular complexity index is 1520. The molecule has 3 aromatic rings. The van der Waals surface area contributed by atoms with Gasteiger partial charge >= 0.3 is 5.97 Å². The summed E-state index contributed by atoms with van der Waals surface area (Å²) in [6.07, 6.45) is 1.82. The second-order valence-electron chi connectivity index (χ2n) is 7.92. The fourth-order valence-electron chi connectivity index (χ4n) is 4.11. The number of esters is 1. The largest absolute Gasteiger partial charge is 0.463 e. The summed E-state index contributed by atoms with van der Waals surface area (Å²) in [6, 6.07) is 10.2. The van der Waals surface area contributed by atoms with E-state index in [9.17, 15) is 9.59 Å². The molecule has 7 nitrogen and oxygen atoms in total. The quantitative estimate of drug-likeness (QED) is 0.517. The highest BCUT2D eigenvalue weighted by atomic mass is 35.5. The van der Waals surface area contributed by atoms with Gasteiger partial charge in [0.1, 0.15) is 0 Å². The molecule has 0 radical (unpaired) electrons. The lowest BCUT2D eigenvalue weighted by atomic mass is 9.96. The number of aromatic nitrogens is 1. The van der Waals surface area contributed by atoms with Gasteiger partial charge in [0.05, 0.1) is 28.5 Å². The molecule has 2 aliphatic heterocycles. The Morgan fingerprint density at radius 2 is 1.94 bits per heavy atom. The summed E-state index contributed by atoms with van der Waals surface area (Å²) >= 11 is 7.37. The Hall–Kier alpha value is -3.36. The third-order valence-electron chi connectivity index (χ3n) is 5.75. The zero-order chi connectivity index (χ0) is 24.0. The van der Waals surface area contributed by atoms with E-state index in [-0.39, 0.29) is 19.0 Å². The van der Waals surface area contributed by atoms with E-state index in [0.29, 0.717) is 37.1 Å². The second-order valence-corrected chi connectivity index (χ2v) is 9.36. The van der Waals surface area contributed by atoms with Crippen LogP contribution in [-0.2, 0) is 9.53 Å². The number of halogens is 1. The molecule has 174 valence electrons. The number of thiazole rings is 1. The van der Waals surface area contributed by atoms with Crippen molar-refractivity contribution in [3.63, 3.8) is 0 Å². The minimum atomic E-state index is -0.674. The van der Waals surface area contributed by atoms with E-state index in [1.807, 2.05) is 37.3 Å². The number of allylic oxidation sites excluding steroid dienone is 1. The van der Waals surface area contributed by atoms with Gasteiger partial charge in [0, 0.05) is 5.02 Å². The van der Waals surface area contributed by atoms with Gasteiger partial charge in [-0.15, -0.1) is 0 Å². The average Bonchev–Trinajstić information content (AvgIpc) is 3.37. The molecular weight excluding hydrogens is 476 g/mol. The number of rotatable bonds is 4. The monoisotopic (exact) mass is 496 g/mol. The van der Waals surface area contributed by atoms with Crippen molar-refractivity contribution in [1.29, 1.82) is 0 Å². The first kappa shape index (κ1) is 22.4. The lowest BCUT2D eigenvalue weighted by Crippen LogP contribution is -2.39. The van der Waals surface area contributed by atoms with Gasteiger partial charge in [-0.2, -0.15) is 0 Å². The lowest BCUT2D eigenvalue weighted by Gasteiger charge is -2.24. The third kappa shape index (κ3) is 3.82. The van der Waals surface area contributed by atoms with Gasteiger partial charge in [-0.05, 0) is 67.8 Å². The Kier molecular flexibility index (Phi) is 5.79. The van der Waals surface area contributed by atoms with Crippen molar-refractivity contribution in [3.8, 4) is 11.5 Å². The number of carbonyl (C=O) groups excluding carboxylic acids is 1. The zero-order valence-electron chi connectivity index (χ0n) is 18.8. The predicted molar refractivity (Wildman–Crippen MR) is 129 cm³/mol. The maximum absolute atomic E-state index is 13.7. The Balaban J connectivity index is 1.71. The molecule has 1 aromatic heterocycles. The van der Waals surface area contributed by atoms with Crippen molar-refractivity contribution in [1.82, 2.24) is 4.57 Å². The van der Waals surface area contributed by atoms with Crippen LogP contribution in [0.3, 0.4) is 0 Å². The molecule has 2 aromatic carbocycles. The van der Waals surface area contributed by atoms with E-state index in [0.717, 1.165) is 16.7 Å². The van der Waals surface area contributed by atoms with Gasteiger partial charge in [0.15, 0.2) is 16.3 Å². The van der Waals surface area contributed by atoms with Crippen LogP contribution in [0.5, 0.6) is 11.5 Å². The van der Waals surface area contributed by atoms with Crippen molar-refractivity contribution in [2.75, 3.05) is 13.4 Å². The molecule has 0 spiro atoms. The fourth-order valence-corrected chi connectivity index (χ4v) is 5.27. The van der Waals surface area contributed by atoms with Gasteiger partial charge in [-0.25, -0.2) is 9.79 Å². The SMILES string of the molecule is CCOC(=O)C1=C(C)N=c2sc(=Cc3cc4c(cc3C)OCO4)c(=O)n2[C@H]1c1ccc(Cl)cc1. The summed E-state index contributed by atoms with van der Waals surface area (Å²) in [5.74, 6) is 0.835. The van der Waals surface area contributed by atoms with Crippen LogP contribution in [0.2, 0.25) is 5.02 Å². The average molecular weight is 497 g/mol. The number of carbonyl (C=O) groups is 1. The minimum absolute atomic E-state index is 0.178. The molecule has 9 heteroatoms. The number of fused-ring (bicyclic) bond motifs is 2. The van der Waals surface area contributed by atoms with Crippen LogP contribution in [0, 0.1) is 6.92 Å². The van der Waals surface area contributed by atoms with Gasteiger partial charge in [-0.1, -0.05) is 35.1 Å². The first-order valence-electron chi connectivity index (χ1n) is 10.7. The molecule has 0 N–H and O–H groups in total. The number of hydrogen-bond acceptors (Lipinski definition) is 7. The van der Waals surface area contributed by atoms with Crippen LogP contribution < -0.4 is 24.4 Å². The van der Waals surface area contributed by atoms with Crippen LogP contribution in [0.4, 0.5) is 0 Å². The molecule has 1 atom stereocenters. The molecule has 0 fully saturated rings. The van der Waals surface area contributed by atoms with Crippen molar-refractivity contribution in [2.24, 2.45) is 4.99 Å². The van der Waals surface area contributed by atoms with E-state index >= 15 is 0 Å². The molecule has 0 saturated heterocycles. The molecule has 0 aliphatic carbocycles. The summed E-state index contributed by atoms with van der Waals surface area (Å²) in [6.45, 7) is 5.85. The minimum Gasteiger partial charge on any atom is -0.463 e. The van der Waals surface area contributed by atoms with Crippen molar-refractivity contribution in [2.45, 2.75) is 26.8 Å². The highest BCUT2D eigenvalue weighted by molar-refractivity contribution is 7.07. The highest BCUT2D eigenvalue weighted by Crippen LogP contribution is 2.35. The van der Waals surface area contributed by atoms with Crippen LogP contribution in [0.1, 0.15) is 36.6 Å². The fraction of sp³-hybridized carbons (Fsp3) is 0.240. The number of nitrogens with zero attached hydrogens (tertiary/aromatic N) is 2. The summed E-state index contributed by atoms with van der Waals surface area (Å²) in [4.78, 5) is 31.7. The number of aryl methyl sites for hydroxylation is 1. The van der Waals surface area contributed by atoms with E-state index in [2.05, 4.69) is 4.99 Å². The van der Waals surface area contributed by atoms with Crippen molar-refractivity contribution >= 4 is 35.0 Å². The van der Waals surface area contributed by atoms with Crippen LogP contribution in [0.25, 0.3) is 6.08 Å². The van der Waals surface area contributed by atoms with Crippen LogP contribution in [-0.4, -0.2) is 23.9 Å². The first-order valence-corrected chi connectivity index (χ1v) is 11.9. The normalized spacial score (nSPS) is 16.9. The lowest BCUT2D eigenvalue weighted by molar-refractivity contribution is -0.139. The Morgan fingerprint density at radius 3 is 2.65 bits per heavy atom. The summed E-state index contributed by atoms with van der Waals surface area (Å²) < 4.78 is 18.3. The van der Waals surface area contributed by atoms with Crippen molar-refractivity contribution < 1.29 is 19.0 Å². The third-order valence-corrected chi connectivity index (χ3v) is 6.99. The summed E-state index contributed by atoms with van der Waals surface area (Å²) in [5.41, 5.74) is 3.16. The highest BCUT2D eigenvalue weighted by Gasteiger charge is 2.33. The molecule has 0 unspecified atom stereocenters. The van der Waals surface area contributed by atoms with E-state index in [1.54, 1.807) is 30.5 Å². The zero-order valence-corrected chi connectivity index (χ0v) is 20.3. The predicted octanol–water partition coefficient (Wildman–Crippen LogP) is 3.49. The van der Waals surface area contributed by atoms with E-state index in [1.165, 1.54) is 11.3 Å². The van der Waals surface area contributed by atoms with E-state index in [4.69, 9.17) is 25.8 Å². The number of ether oxygens (including phenoxy) is 3. The molecule has 0 amide bonds. The van der Waals surface area contributed by atoms with E-state index < -0.39 is 12.0 Å². The molecule has 5 rings (SSSR count). The number of hydrogen-bond donors (Lipinski definition) is 0. The van der Waals surface area contributed by atoms with Gasteiger partial charge in [-0.3, -0.25) is 9.36 Å².